The Labute approximate surface area is 152 Å². The SMILES string of the molecule is CC(COCCCCBr)(COCCCCBr)c1ccccc1. The predicted octanol–water partition coefficient (Wildman–Crippen LogP) is 5.33. The normalized spacial score (nSPS) is 11.8. The van der Waals surface area contributed by atoms with Gasteiger partial charge in [-0.1, -0.05) is 69.1 Å². The molecule has 1 rings (SSSR count). The van der Waals surface area contributed by atoms with Crippen LogP contribution < -0.4 is 0 Å². The maximum absolute atomic E-state index is 5.93. The molecule has 0 aliphatic rings. The molecule has 0 heterocycles. The molecule has 0 unspecified atom stereocenters. The molecule has 2 nitrogen and oxygen atoms in total. The number of rotatable bonds is 13. The fourth-order valence-corrected chi connectivity index (χ4v) is 3.03. The van der Waals surface area contributed by atoms with Crippen molar-refractivity contribution >= 4 is 31.9 Å². The number of alkyl halides is 2. The van der Waals surface area contributed by atoms with Gasteiger partial charge in [-0.25, -0.2) is 0 Å². The van der Waals surface area contributed by atoms with Crippen LogP contribution in [0.3, 0.4) is 0 Å². The van der Waals surface area contributed by atoms with Gasteiger partial charge in [0, 0.05) is 29.3 Å². The first-order valence-corrected chi connectivity index (χ1v) is 10.3. The summed E-state index contributed by atoms with van der Waals surface area (Å²) < 4.78 is 11.9. The van der Waals surface area contributed by atoms with E-state index in [0.717, 1.165) is 49.6 Å². The Morgan fingerprint density at radius 1 is 0.818 bits per heavy atom. The minimum atomic E-state index is -0.0793. The van der Waals surface area contributed by atoms with Crippen LogP contribution in [-0.4, -0.2) is 37.1 Å². The molecule has 0 aliphatic carbocycles. The summed E-state index contributed by atoms with van der Waals surface area (Å²) in [6.45, 7) is 5.28. The van der Waals surface area contributed by atoms with E-state index in [2.05, 4.69) is 69.1 Å². The number of halogens is 2. The summed E-state index contributed by atoms with van der Waals surface area (Å²) in [5.41, 5.74) is 1.21. The lowest BCUT2D eigenvalue weighted by molar-refractivity contribution is 0.0245. The van der Waals surface area contributed by atoms with Crippen LogP contribution in [0.5, 0.6) is 0 Å². The minimum Gasteiger partial charge on any atom is -0.380 e. The molecule has 126 valence electrons. The summed E-state index contributed by atoms with van der Waals surface area (Å²) >= 11 is 6.91. The third-order valence-electron chi connectivity index (χ3n) is 3.66. The minimum absolute atomic E-state index is 0.0793. The van der Waals surface area contributed by atoms with Crippen molar-refractivity contribution in [3.05, 3.63) is 35.9 Å². The zero-order chi connectivity index (χ0) is 16.1. The van der Waals surface area contributed by atoms with E-state index in [1.54, 1.807) is 0 Å². The Hall–Kier alpha value is 0.100. The molecule has 0 amide bonds. The summed E-state index contributed by atoms with van der Waals surface area (Å²) in [5.74, 6) is 0. The Kier molecular flexibility index (Phi) is 11.5. The van der Waals surface area contributed by atoms with E-state index in [9.17, 15) is 0 Å². The van der Waals surface area contributed by atoms with Crippen LogP contribution in [0.25, 0.3) is 0 Å². The van der Waals surface area contributed by atoms with Crippen LogP contribution in [0.15, 0.2) is 30.3 Å². The summed E-state index contributed by atoms with van der Waals surface area (Å²) in [4.78, 5) is 0. The van der Waals surface area contributed by atoms with Gasteiger partial charge in [-0.2, -0.15) is 0 Å². The molecule has 1 aromatic carbocycles. The quantitative estimate of drug-likeness (QED) is 0.308. The molecule has 22 heavy (non-hydrogen) atoms. The number of hydrogen-bond acceptors (Lipinski definition) is 2. The van der Waals surface area contributed by atoms with Crippen LogP contribution in [-0.2, 0) is 14.9 Å². The number of ether oxygens (including phenoxy) is 2. The van der Waals surface area contributed by atoms with Gasteiger partial charge in [-0.3, -0.25) is 0 Å². The molecule has 0 aliphatic heterocycles. The molecule has 0 bridgehead atoms. The maximum atomic E-state index is 5.93. The molecule has 0 N–H and O–H groups in total. The fourth-order valence-electron chi connectivity index (χ4n) is 2.24. The van der Waals surface area contributed by atoms with E-state index >= 15 is 0 Å². The third-order valence-corrected chi connectivity index (χ3v) is 4.78. The van der Waals surface area contributed by atoms with Gasteiger partial charge in [-0.15, -0.1) is 0 Å². The van der Waals surface area contributed by atoms with Gasteiger partial charge in [0.2, 0.25) is 0 Å². The van der Waals surface area contributed by atoms with E-state index in [0.29, 0.717) is 13.2 Å². The number of benzene rings is 1. The lowest BCUT2D eigenvalue weighted by Gasteiger charge is -2.30. The molecule has 0 spiro atoms. The highest BCUT2D eigenvalue weighted by molar-refractivity contribution is 9.09. The zero-order valence-corrected chi connectivity index (χ0v) is 16.7. The largest absolute Gasteiger partial charge is 0.380 e. The van der Waals surface area contributed by atoms with E-state index in [4.69, 9.17) is 9.47 Å². The van der Waals surface area contributed by atoms with Crippen LogP contribution in [0.1, 0.15) is 38.2 Å². The molecule has 0 radical (unpaired) electrons. The standard InChI is InChI=1S/C18H28Br2O2/c1-18(15-21-13-7-5-11-19,16-22-14-8-6-12-20)17-9-3-2-4-10-17/h2-4,9-10H,5-8,11-16H2,1H3. The van der Waals surface area contributed by atoms with Crippen molar-refractivity contribution in [3.8, 4) is 0 Å². The summed E-state index contributed by atoms with van der Waals surface area (Å²) in [6.07, 6.45) is 4.51. The Morgan fingerprint density at radius 3 is 1.77 bits per heavy atom. The van der Waals surface area contributed by atoms with E-state index in [1.807, 2.05) is 0 Å². The predicted molar refractivity (Wildman–Crippen MR) is 101 cm³/mol. The zero-order valence-electron chi connectivity index (χ0n) is 13.5. The molecular formula is C18H28Br2O2. The molecular weight excluding hydrogens is 408 g/mol. The van der Waals surface area contributed by atoms with E-state index < -0.39 is 0 Å². The van der Waals surface area contributed by atoms with Gasteiger partial charge in [0.05, 0.1) is 13.2 Å². The monoisotopic (exact) mass is 434 g/mol. The van der Waals surface area contributed by atoms with E-state index in [1.165, 1.54) is 5.56 Å². The molecule has 0 saturated heterocycles. The maximum Gasteiger partial charge on any atom is 0.0582 e. The average molecular weight is 436 g/mol. The van der Waals surface area contributed by atoms with Crippen LogP contribution >= 0.6 is 31.9 Å². The highest BCUT2D eigenvalue weighted by atomic mass is 79.9. The lowest BCUT2D eigenvalue weighted by Crippen LogP contribution is -2.34. The van der Waals surface area contributed by atoms with Crippen LogP contribution in [0, 0.1) is 0 Å². The first-order valence-electron chi connectivity index (χ1n) is 8.06. The van der Waals surface area contributed by atoms with Crippen molar-refractivity contribution < 1.29 is 9.47 Å². The van der Waals surface area contributed by atoms with Crippen molar-refractivity contribution in [3.63, 3.8) is 0 Å². The highest BCUT2D eigenvalue weighted by Gasteiger charge is 2.27. The lowest BCUT2D eigenvalue weighted by atomic mass is 9.84. The second-order valence-corrected chi connectivity index (χ2v) is 7.41. The summed E-state index contributed by atoms with van der Waals surface area (Å²) in [6, 6.07) is 10.6. The molecule has 0 atom stereocenters. The molecule has 0 fully saturated rings. The van der Waals surface area contributed by atoms with Crippen molar-refractivity contribution in [1.82, 2.24) is 0 Å². The second kappa shape index (κ2) is 12.5. The Bertz CT molecular complexity index is 357. The van der Waals surface area contributed by atoms with Gasteiger partial charge in [0.15, 0.2) is 0 Å². The molecule has 0 saturated carbocycles. The second-order valence-electron chi connectivity index (χ2n) is 5.82. The van der Waals surface area contributed by atoms with E-state index in [-0.39, 0.29) is 5.41 Å². The first kappa shape index (κ1) is 20.1. The Morgan fingerprint density at radius 2 is 1.32 bits per heavy atom. The highest BCUT2D eigenvalue weighted by Crippen LogP contribution is 2.25. The summed E-state index contributed by atoms with van der Waals surface area (Å²) in [7, 11) is 0. The van der Waals surface area contributed by atoms with Gasteiger partial charge >= 0.3 is 0 Å². The van der Waals surface area contributed by atoms with Gasteiger partial charge in [-0.05, 0) is 31.2 Å². The fraction of sp³-hybridized carbons (Fsp3) is 0.667. The average Bonchev–Trinajstić information content (AvgIpc) is 2.55. The molecule has 1 aromatic rings. The topological polar surface area (TPSA) is 18.5 Å². The number of hydrogen-bond donors (Lipinski definition) is 0. The van der Waals surface area contributed by atoms with Gasteiger partial charge in [0.1, 0.15) is 0 Å². The van der Waals surface area contributed by atoms with Crippen molar-refractivity contribution in [2.45, 2.75) is 38.0 Å². The van der Waals surface area contributed by atoms with Crippen LogP contribution in [0.2, 0.25) is 0 Å². The molecule has 4 heteroatoms. The molecule has 0 aromatic heterocycles. The van der Waals surface area contributed by atoms with Crippen molar-refractivity contribution in [2.24, 2.45) is 0 Å². The van der Waals surface area contributed by atoms with Gasteiger partial charge in [0.25, 0.3) is 0 Å². The number of unbranched alkanes of at least 4 members (excludes halogenated alkanes) is 2. The smallest absolute Gasteiger partial charge is 0.0582 e. The Balaban J connectivity index is 2.49. The van der Waals surface area contributed by atoms with Gasteiger partial charge < -0.3 is 9.47 Å². The summed E-state index contributed by atoms with van der Waals surface area (Å²) in [5, 5.41) is 2.09. The van der Waals surface area contributed by atoms with Crippen molar-refractivity contribution in [2.75, 3.05) is 37.1 Å². The third kappa shape index (κ3) is 8.09. The van der Waals surface area contributed by atoms with Crippen molar-refractivity contribution in [1.29, 1.82) is 0 Å². The first-order chi connectivity index (χ1) is 10.7. The van der Waals surface area contributed by atoms with Crippen LogP contribution in [0.4, 0.5) is 0 Å².